The van der Waals surface area contributed by atoms with Crippen molar-refractivity contribution >= 4 is 17.7 Å². The first-order valence-corrected chi connectivity index (χ1v) is 8.74. The van der Waals surface area contributed by atoms with E-state index in [9.17, 15) is 9.59 Å². The Morgan fingerprint density at radius 2 is 2.27 bits per heavy atom. The van der Waals surface area contributed by atoms with Crippen molar-refractivity contribution in [2.45, 2.75) is 44.3 Å². The Bertz CT molecular complexity index is 828. The van der Waals surface area contributed by atoms with Crippen LogP contribution in [0.4, 0.5) is 5.82 Å². The van der Waals surface area contributed by atoms with Crippen LogP contribution in [0.15, 0.2) is 12.4 Å². The Balaban J connectivity index is 1.39. The second-order valence-electron chi connectivity index (χ2n) is 6.58. The van der Waals surface area contributed by atoms with Gasteiger partial charge in [-0.3, -0.25) is 4.79 Å². The molecule has 2 aromatic rings. The second-order valence-corrected chi connectivity index (χ2v) is 6.58. The van der Waals surface area contributed by atoms with E-state index >= 15 is 0 Å². The predicted octanol–water partition coefficient (Wildman–Crippen LogP) is 0.139. The van der Waals surface area contributed by atoms with Gasteiger partial charge in [0.2, 0.25) is 5.91 Å². The zero-order valence-corrected chi connectivity index (χ0v) is 14.5. The predicted molar refractivity (Wildman–Crippen MR) is 90.6 cm³/mol. The largest absolute Gasteiger partial charge is 0.464 e. The van der Waals surface area contributed by atoms with Crippen molar-refractivity contribution in [2.24, 2.45) is 0 Å². The minimum absolute atomic E-state index is 0.0454. The van der Waals surface area contributed by atoms with Crippen LogP contribution in [0.3, 0.4) is 0 Å². The maximum atomic E-state index is 12.6. The highest BCUT2D eigenvalue weighted by atomic mass is 16.5. The number of carbonyl (C=O) groups is 2. The van der Waals surface area contributed by atoms with E-state index in [-0.39, 0.29) is 23.7 Å². The third kappa shape index (κ3) is 3.07. The number of aryl methyl sites for hydroxylation is 1. The van der Waals surface area contributed by atoms with Crippen LogP contribution in [0.1, 0.15) is 41.6 Å². The summed E-state index contributed by atoms with van der Waals surface area (Å²) in [7, 11) is 1.30. The molecule has 1 amide bonds. The summed E-state index contributed by atoms with van der Waals surface area (Å²) in [4.78, 5) is 28.5. The maximum absolute atomic E-state index is 12.6. The van der Waals surface area contributed by atoms with E-state index in [0.717, 1.165) is 37.4 Å². The molecule has 0 radical (unpaired) electrons. The number of fused-ring (bicyclic) bond motifs is 1. The van der Waals surface area contributed by atoms with Crippen molar-refractivity contribution in [2.75, 3.05) is 19.0 Å². The van der Waals surface area contributed by atoms with Gasteiger partial charge in [0, 0.05) is 19.5 Å². The van der Waals surface area contributed by atoms with Gasteiger partial charge < -0.3 is 19.9 Å². The van der Waals surface area contributed by atoms with E-state index in [1.54, 1.807) is 17.1 Å². The lowest BCUT2D eigenvalue weighted by Crippen LogP contribution is -2.36. The molecule has 26 heavy (non-hydrogen) atoms. The van der Waals surface area contributed by atoms with Gasteiger partial charge in [-0.1, -0.05) is 5.21 Å². The number of imidazole rings is 1. The summed E-state index contributed by atoms with van der Waals surface area (Å²) >= 11 is 0. The summed E-state index contributed by atoms with van der Waals surface area (Å²) in [5, 5.41) is 14.0. The van der Waals surface area contributed by atoms with E-state index in [4.69, 9.17) is 0 Å². The first kappa shape index (κ1) is 16.7. The third-order valence-electron chi connectivity index (χ3n) is 4.92. The van der Waals surface area contributed by atoms with Crippen LogP contribution < -0.4 is 10.6 Å². The average Bonchev–Trinajstić information content (AvgIpc) is 3.40. The van der Waals surface area contributed by atoms with Gasteiger partial charge in [0.1, 0.15) is 11.6 Å². The molecule has 0 unspecified atom stereocenters. The molecule has 2 aliphatic rings. The standard InChI is InChI=1S/C16H21N7O3/c1-26-16(25)12-9-23(21-20-12)10-6-11(17-7-10)15(24)19-14-8-18-13-4-2-3-5-22(13)14/h8-11,17H,2-7H2,1H3,(H,19,24)/t10-,11-/m0/s1. The van der Waals surface area contributed by atoms with E-state index in [2.05, 4.69) is 35.2 Å². The number of hydrogen-bond acceptors (Lipinski definition) is 7. The molecule has 0 saturated carbocycles. The molecule has 4 rings (SSSR count). The van der Waals surface area contributed by atoms with Crippen LogP contribution in [0, 0.1) is 0 Å². The van der Waals surface area contributed by atoms with Gasteiger partial charge >= 0.3 is 5.97 Å². The normalized spacial score (nSPS) is 22.0. The number of aromatic nitrogens is 5. The lowest BCUT2D eigenvalue weighted by atomic mass is 10.1. The Kier molecular flexibility index (Phi) is 4.41. The molecule has 1 saturated heterocycles. The molecule has 2 aromatic heterocycles. The monoisotopic (exact) mass is 359 g/mol. The van der Waals surface area contributed by atoms with E-state index in [0.29, 0.717) is 13.0 Å². The maximum Gasteiger partial charge on any atom is 0.360 e. The van der Waals surface area contributed by atoms with Gasteiger partial charge in [-0.25, -0.2) is 14.5 Å². The van der Waals surface area contributed by atoms with E-state index < -0.39 is 5.97 Å². The minimum Gasteiger partial charge on any atom is -0.464 e. The zero-order valence-electron chi connectivity index (χ0n) is 14.5. The van der Waals surface area contributed by atoms with E-state index in [1.165, 1.54) is 7.11 Å². The van der Waals surface area contributed by atoms with Crippen molar-refractivity contribution in [1.82, 2.24) is 29.9 Å². The number of carbonyl (C=O) groups excluding carboxylic acids is 2. The third-order valence-corrected chi connectivity index (χ3v) is 4.92. The van der Waals surface area contributed by atoms with Crippen molar-refractivity contribution < 1.29 is 14.3 Å². The Hall–Kier alpha value is -2.75. The van der Waals surface area contributed by atoms with Crippen LogP contribution in [-0.4, -0.2) is 56.1 Å². The number of anilines is 1. The minimum atomic E-state index is -0.526. The highest BCUT2D eigenvalue weighted by Gasteiger charge is 2.32. The van der Waals surface area contributed by atoms with Crippen molar-refractivity contribution in [3.8, 4) is 0 Å². The zero-order chi connectivity index (χ0) is 18.1. The van der Waals surface area contributed by atoms with Crippen LogP contribution in [0.5, 0.6) is 0 Å². The van der Waals surface area contributed by atoms with Crippen LogP contribution >= 0.6 is 0 Å². The van der Waals surface area contributed by atoms with Gasteiger partial charge in [-0.05, 0) is 19.3 Å². The number of ether oxygens (including phenoxy) is 1. The summed E-state index contributed by atoms with van der Waals surface area (Å²) in [6.07, 6.45) is 7.04. The van der Waals surface area contributed by atoms with Crippen molar-refractivity contribution in [3.05, 3.63) is 23.9 Å². The molecular weight excluding hydrogens is 338 g/mol. The first-order chi connectivity index (χ1) is 12.7. The van der Waals surface area contributed by atoms with Crippen LogP contribution in [0.25, 0.3) is 0 Å². The highest BCUT2D eigenvalue weighted by molar-refractivity contribution is 5.94. The van der Waals surface area contributed by atoms with Gasteiger partial charge in [-0.15, -0.1) is 5.10 Å². The first-order valence-electron chi connectivity index (χ1n) is 8.74. The molecule has 4 heterocycles. The number of methoxy groups -OCH3 is 1. The quantitative estimate of drug-likeness (QED) is 0.746. The SMILES string of the molecule is COC(=O)c1cn([C@@H]2CN[C@H](C(=O)Nc3cnc4n3CCCC4)C2)nn1. The second kappa shape index (κ2) is 6.87. The lowest BCUT2D eigenvalue weighted by Gasteiger charge is -2.17. The summed E-state index contributed by atoms with van der Waals surface area (Å²) < 4.78 is 8.31. The Morgan fingerprint density at radius 1 is 1.38 bits per heavy atom. The summed E-state index contributed by atoms with van der Waals surface area (Å²) in [6.45, 7) is 1.47. The lowest BCUT2D eigenvalue weighted by molar-refractivity contribution is -0.117. The number of nitrogens with zero attached hydrogens (tertiary/aromatic N) is 5. The molecule has 0 aliphatic carbocycles. The molecule has 2 atom stereocenters. The molecule has 2 aliphatic heterocycles. The average molecular weight is 359 g/mol. The fourth-order valence-electron chi connectivity index (χ4n) is 3.50. The van der Waals surface area contributed by atoms with Crippen LogP contribution in [0.2, 0.25) is 0 Å². The summed E-state index contributed by atoms with van der Waals surface area (Å²) in [6, 6.07) is -0.378. The van der Waals surface area contributed by atoms with E-state index in [1.807, 2.05) is 0 Å². The highest BCUT2D eigenvalue weighted by Crippen LogP contribution is 2.22. The summed E-state index contributed by atoms with van der Waals surface area (Å²) in [5.74, 6) is 1.17. The molecule has 0 spiro atoms. The molecule has 2 N–H and O–H groups in total. The molecule has 1 fully saturated rings. The Labute approximate surface area is 149 Å². The molecular formula is C16H21N7O3. The fourth-order valence-corrected chi connectivity index (χ4v) is 3.50. The molecule has 10 heteroatoms. The van der Waals surface area contributed by atoms with Gasteiger partial charge in [0.25, 0.3) is 0 Å². The van der Waals surface area contributed by atoms with Gasteiger partial charge in [0.05, 0.1) is 31.6 Å². The number of rotatable bonds is 4. The molecule has 0 bridgehead atoms. The fraction of sp³-hybridized carbons (Fsp3) is 0.562. The summed E-state index contributed by atoms with van der Waals surface area (Å²) in [5.41, 5.74) is 0.159. The number of nitrogens with one attached hydrogen (secondary N) is 2. The number of hydrogen-bond donors (Lipinski definition) is 2. The topological polar surface area (TPSA) is 116 Å². The molecule has 0 aromatic carbocycles. The van der Waals surface area contributed by atoms with Crippen molar-refractivity contribution in [1.29, 1.82) is 0 Å². The molecule has 138 valence electrons. The van der Waals surface area contributed by atoms with Gasteiger partial charge in [-0.2, -0.15) is 0 Å². The van der Waals surface area contributed by atoms with Gasteiger partial charge in [0.15, 0.2) is 5.69 Å². The van der Waals surface area contributed by atoms with Crippen molar-refractivity contribution in [3.63, 3.8) is 0 Å². The van der Waals surface area contributed by atoms with Crippen LogP contribution in [-0.2, 0) is 22.5 Å². The Morgan fingerprint density at radius 3 is 3.12 bits per heavy atom. The molecule has 10 nitrogen and oxygen atoms in total. The number of esters is 1. The number of amides is 1. The smallest absolute Gasteiger partial charge is 0.360 e.